The Balaban J connectivity index is 3.06. The van der Waals surface area contributed by atoms with Gasteiger partial charge in [0.15, 0.2) is 0 Å². The van der Waals surface area contributed by atoms with Gasteiger partial charge in [-0.25, -0.2) is 5.84 Å². The highest BCUT2D eigenvalue weighted by Gasteiger charge is 2.27. The lowest BCUT2D eigenvalue weighted by Gasteiger charge is -2.34. The van der Waals surface area contributed by atoms with Gasteiger partial charge in [-0.1, -0.05) is 32.9 Å². The first kappa shape index (κ1) is 13.1. The maximum Gasteiger partial charge on any atom is 0.207 e. The zero-order chi connectivity index (χ0) is 12.3. The smallest absolute Gasteiger partial charge is 0.207 e. The Morgan fingerprint density at radius 3 is 2.62 bits per heavy atom. The minimum atomic E-state index is -0.513. The molecule has 1 fully saturated rings. The van der Waals surface area contributed by atoms with Crippen LogP contribution < -0.4 is 5.84 Å². The molecular weight excluding hydrogens is 204 g/mol. The summed E-state index contributed by atoms with van der Waals surface area (Å²) in [6, 6.07) is 0. The number of hydrazine groups is 1. The highest BCUT2D eigenvalue weighted by Crippen LogP contribution is 2.31. The van der Waals surface area contributed by atoms with Gasteiger partial charge in [-0.2, -0.15) is 0 Å². The van der Waals surface area contributed by atoms with Gasteiger partial charge in [-0.15, -0.1) is 0 Å². The fourth-order valence-corrected chi connectivity index (χ4v) is 1.66. The van der Waals surface area contributed by atoms with Crippen molar-refractivity contribution in [2.45, 2.75) is 33.8 Å². The third kappa shape index (κ3) is 3.00. The fourth-order valence-electron chi connectivity index (χ4n) is 1.66. The first-order chi connectivity index (χ1) is 7.36. The van der Waals surface area contributed by atoms with Gasteiger partial charge in [-0.05, 0) is 12.3 Å². The summed E-state index contributed by atoms with van der Waals surface area (Å²) in [6.07, 6.45) is 3.46. The summed E-state index contributed by atoms with van der Waals surface area (Å²) >= 11 is 0. The molecule has 1 aliphatic heterocycles. The minimum Gasteiger partial charge on any atom is -0.475 e. The standard InChI is InChI=1S/C12H22N2O2/c1-5-6-10(12(2,3)4)11-14(13)7-9(15)8-16-11/h5-6,9,15H,7-8,13H2,1-4H3/b6-5-,11-10-. The highest BCUT2D eigenvalue weighted by molar-refractivity contribution is 5.27. The Labute approximate surface area is 97.3 Å². The lowest BCUT2D eigenvalue weighted by molar-refractivity contribution is -0.0323. The summed E-state index contributed by atoms with van der Waals surface area (Å²) in [6.45, 7) is 9.00. The fraction of sp³-hybridized carbons (Fsp3) is 0.667. The van der Waals surface area contributed by atoms with Crippen molar-refractivity contribution in [2.75, 3.05) is 13.2 Å². The average Bonchev–Trinajstić information content (AvgIpc) is 2.13. The molecule has 1 heterocycles. The highest BCUT2D eigenvalue weighted by atomic mass is 16.5. The first-order valence-corrected chi connectivity index (χ1v) is 5.56. The van der Waals surface area contributed by atoms with Crippen molar-refractivity contribution in [1.29, 1.82) is 0 Å². The first-order valence-electron chi connectivity index (χ1n) is 5.56. The van der Waals surface area contributed by atoms with Crippen LogP contribution in [0.25, 0.3) is 0 Å². The van der Waals surface area contributed by atoms with Crippen LogP contribution in [0.4, 0.5) is 0 Å². The largest absolute Gasteiger partial charge is 0.475 e. The molecule has 1 saturated heterocycles. The monoisotopic (exact) mass is 226 g/mol. The van der Waals surface area contributed by atoms with Crippen LogP contribution in [0, 0.1) is 5.41 Å². The van der Waals surface area contributed by atoms with E-state index in [9.17, 15) is 5.11 Å². The van der Waals surface area contributed by atoms with E-state index in [4.69, 9.17) is 10.6 Å². The van der Waals surface area contributed by atoms with Gasteiger partial charge >= 0.3 is 0 Å². The average molecular weight is 226 g/mol. The number of nitrogens with zero attached hydrogens (tertiary/aromatic N) is 1. The van der Waals surface area contributed by atoms with E-state index in [0.29, 0.717) is 19.0 Å². The molecule has 0 bridgehead atoms. The van der Waals surface area contributed by atoms with Crippen molar-refractivity contribution in [1.82, 2.24) is 5.01 Å². The Hall–Kier alpha value is -1.00. The van der Waals surface area contributed by atoms with Crippen LogP contribution in [-0.4, -0.2) is 29.4 Å². The van der Waals surface area contributed by atoms with Crippen LogP contribution in [0.15, 0.2) is 23.6 Å². The Morgan fingerprint density at radius 1 is 1.56 bits per heavy atom. The maximum absolute atomic E-state index is 9.42. The topological polar surface area (TPSA) is 58.7 Å². The van der Waals surface area contributed by atoms with E-state index in [0.717, 1.165) is 5.57 Å². The number of aliphatic hydroxyl groups is 1. The third-order valence-electron chi connectivity index (χ3n) is 2.45. The molecule has 4 nitrogen and oxygen atoms in total. The number of hydrogen-bond acceptors (Lipinski definition) is 4. The lowest BCUT2D eigenvalue weighted by atomic mass is 9.86. The molecule has 0 aromatic carbocycles. The van der Waals surface area contributed by atoms with Gasteiger partial charge in [0.05, 0.1) is 6.54 Å². The number of hydrogen-bond donors (Lipinski definition) is 2. The second-order valence-corrected chi connectivity index (χ2v) is 5.09. The molecule has 0 aromatic rings. The summed E-state index contributed by atoms with van der Waals surface area (Å²) < 4.78 is 5.52. The third-order valence-corrected chi connectivity index (χ3v) is 2.45. The van der Waals surface area contributed by atoms with Gasteiger partial charge in [-0.3, -0.25) is 5.01 Å². The van der Waals surface area contributed by atoms with Crippen LogP contribution >= 0.6 is 0 Å². The Kier molecular flexibility index (Phi) is 3.99. The molecule has 92 valence electrons. The number of ether oxygens (including phenoxy) is 1. The van der Waals surface area contributed by atoms with E-state index in [1.54, 1.807) is 0 Å². The SMILES string of the molecule is C/C=C\C(=C1\OCC(O)CN1N)C(C)(C)C. The van der Waals surface area contributed by atoms with Crippen LogP contribution in [0.2, 0.25) is 0 Å². The quantitative estimate of drug-likeness (QED) is 0.663. The molecule has 0 spiro atoms. The predicted molar refractivity (Wildman–Crippen MR) is 64.1 cm³/mol. The van der Waals surface area contributed by atoms with Crippen molar-refractivity contribution >= 4 is 0 Å². The van der Waals surface area contributed by atoms with Crippen LogP contribution in [0.3, 0.4) is 0 Å². The Morgan fingerprint density at radius 2 is 2.19 bits per heavy atom. The van der Waals surface area contributed by atoms with E-state index in [-0.39, 0.29) is 5.41 Å². The zero-order valence-corrected chi connectivity index (χ0v) is 10.5. The van der Waals surface area contributed by atoms with Gasteiger partial charge in [0.2, 0.25) is 5.88 Å². The summed E-state index contributed by atoms with van der Waals surface area (Å²) in [5.41, 5.74) is 1.01. The molecule has 1 unspecified atom stereocenters. The number of allylic oxidation sites excluding steroid dienone is 3. The summed E-state index contributed by atoms with van der Waals surface area (Å²) in [7, 11) is 0. The van der Waals surface area contributed by atoms with Crippen molar-refractivity contribution in [2.24, 2.45) is 11.3 Å². The van der Waals surface area contributed by atoms with Crippen LogP contribution in [0.5, 0.6) is 0 Å². The molecule has 1 atom stereocenters. The molecule has 0 saturated carbocycles. The van der Waals surface area contributed by atoms with Crippen LogP contribution in [-0.2, 0) is 4.74 Å². The van der Waals surface area contributed by atoms with Gasteiger partial charge in [0, 0.05) is 5.57 Å². The second-order valence-electron chi connectivity index (χ2n) is 5.09. The van der Waals surface area contributed by atoms with Gasteiger partial charge in [0.1, 0.15) is 12.7 Å². The molecule has 16 heavy (non-hydrogen) atoms. The molecule has 3 N–H and O–H groups in total. The van der Waals surface area contributed by atoms with Gasteiger partial charge in [0.25, 0.3) is 0 Å². The van der Waals surface area contributed by atoms with E-state index >= 15 is 0 Å². The van der Waals surface area contributed by atoms with Crippen molar-refractivity contribution < 1.29 is 9.84 Å². The second kappa shape index (κ2) is 4.89. The molecule has 0 aliphatic carbocycles. The van der Waals surface area contributed by atoms with Crippen molar-refractivity contribution in [3.05, 3.63) is 23.6 Å². The van der Waals surface area contributed by atoms with Crippen LogP contribution in [0.1, 0.15) is 27.7 Å². The molecule has 0 aromatic heterocycles. The summed E-state index contributed by atoms with van der Waals surface area (Å²) in [5.74, 6) is 6.52. The van der Waals surface area contributed by atoms with E-state index in [1.807, 2.05) is 19.1 Å². The molecular formula is C12H22N2O2. The predicted octanol–water partition coefficient (Wildman–Crippen LogP) is 1.39. The number of aliphatic hydroxyl groups excluding tert-OH is 1. The number of rotatable bonds is 1. The Bertz CT molecular complexity index is 303. The van der Waals surface area contributed by atoms with E-state index in [2.05, 4.69) is 20.8 Å². The maximum atomic E-state index is 9.42. The molecule has 0 radical (unpaired) electrons. The van der Waals surface area contributed by atoms with Crippen molar-refractivity contribution in [3.63, 3.8) is 0 Å². The molecule has 4 heteroatoms. The number of β-amino-alcohol motifs (C(OH)–C–C–N with tert-alkyl or cyclic N) is 1. The summed E-state index contributed by atoms with van der Waals surface area (Å²) in [4.78, 5) is 0. The van der Waals surface area contributed by atoms with E-state index in [1.165, 1.54) is 5.01 Å². The van der Waals surface area contributed by atoms with Gasteiger partial charge < -0.3 is 9.84 Å². The number of nitrogens with two attached hydrogens (primary N) is 1. The summed E-state index contributed by atoms with van der Waals surface area (Å²) in [5, 5.41) is 10.9. The van der Waals surface area contributed by atoms with E-state index < -0.39 is 6.10 Å². The molecule has 1 rings (SSSR count). The normalized spacial score (nSPS) is 25.9. The molecule has 1 aliphatic rings. The minimum absolute atomic E-state index is 0.0399. The lowest BCUT2D eigenvalue weighted by Crippen LogP contribution is -2.46. The van der Waals surface area contributed by atoms with Crippen molar-refractivity contribution in [3.8, 4) is 0 Å². The molecule has 0 amide bonds. The zero-order valence-electron chi connectivity index (χ0n) is 10.5.